The number of likely N-dealkylation sites (N-methyl/N-ethyl adjacent to an activating group) is 1. The SMILES string of the molecule is Cc1cnc2[nH]c(C3CC3)c(CN(C)C[C@H]3COc4ccccc4O3)c2c1. The molecular weight excluding hydrogens is 338 g/mol. The van der Waals surface area contributed by atoms with Crippen molar-refractivity contribution in [3.63, 3.8) is 0 Å². The first-order chi connectivity index (χ1) is 13.2. The van der Waals surface area contributed by atoms with E-state index in [1.807, 2.05) is 30.5 Å². The van der Waals surface area contributed by atoms with Gasteiger partial charge in [-0.25, -0.2) is 4.98 Å². The molecule has 5 nitrogen and oxygen atoms in total. The predicted molar refractivity (Wildman–Crippen MR) is 105 cm³/mol. The molecule has 5 rings (SSSR count). The molecule has 2 aromatic heterocycles. The lowest BCUT2D eigenvalue weighted by Crippen LogP contribution is -2.39. The number of hydrogen-bond acceptors (Lipinski definition) is 4. The lowest BCUT2D eigenvalue weighted by molar-refractivity contribution is 0.0638. The summed E-state index contributed by atoms with van der Waals surface area (Å²) in [6.45, 7) is 4.41. The Morgan fingerprint density at radius 3 is 2.85 bits per heavy atom. The summed E-state index contributed by atoms with van der Waals surface area (Å²) < 4.78 is 12.0. The minimum atomic E-state index is 0.0411. The van der Waals surface area contributed by atoms with Crippen LogP contribution < -0.4 is 9.47 Å². The van der Waals surface area contributed by atoms with Crippen LogP contribution in [0.4, 0.5) is 0 Å². The van der Waals surface area contributed by atoms with Gasteiger partial charge >= 0.3 is 0 Å². The third kappa shape index (κ3) is 3.28. The van der Waals surface area contributed by atoms with Crippen molar-refractivity contribution in [1.82, 2.24) is 14.9 Å². The van der Waals surface area contributed by atoms with Gasteiger partial charge < -0.3 is 14.5 Å². The normalized spacial score (nSPS) is 19.0. The van der Waals surface area contributed by atoms with Gasteiger partial charge in [0.15, 0.2) is 11.5 Å². The second-order valence-electron chi connectivity index (χ2n) is 7.89. The summed E-state index contributed by atoms with van der Waals surface area (Å²) in [7, 11) is 2.16. The summed E-state index contributed by atoms with van der Waals surface area (Å²) in [6.07, 6.45) is 4.53. The maximum Gasteiger partial charge on any atom is 0.161 e. The fourth-order valence-electron chi connectivity index (χ4n) is 3.97. The van der Waals surface area contributed by atoms with E-state index in [0.29, 0.717) is 12.5 Å². The number of pyridine rings is 1. The number of aromatic amines is 1. The average molecular weight is 363 g/mol. The van der Waals surface area contributed by atoms with Crippen LogP contribution in [0.15, 0.2) is 36.5 Å². The highest BCUT2D eigenvalue weighted by Crippen LogP contribution is 2.43. The molecule has 2 aliphatic rings. The van der Waals surface area contributed by atoms with E-state index in [1.165, 1.54) is 35.0 Å². The number of nitrogens with one attached hydrogen (secondary N) is 1. The minimum absolute atomic E-state index is 0.0411. The Morgan fingerprint density at radius 2 is 2.04 bits per heavy atom. The Labute approximate surface area is 159 Å². The van der Waals surface area contributed by atoms with Gasteiger partial charge in [0.05, 0.1) is 0 Å². The van der Waals surface area contributed by atoms with Crippen LogP contribution in [0.2, 0.25) is 0 Å². The van der Waals surface area contributed by atoms with Gasteiger partial charge in [-0.2, -0.15) is 0 Å². The van der Waals surface area contributed by atoms with E-state index in [1.54, 1.807) is 0 Å². The highest BCUT2D eigenvalue weighted by molar-refractivity contribution is 5.82. The van der Waals surface area contributed by atoms with Crippen molar-refractivity contribution in [2.45, 2.75) is 38.3 Å². The Kier molecular flexibility index (Phi) is 4.05. The average Bonchev–Trinajstić information content (AvgIpc) is 3.45. The van der Waals surface area contributed by atoms with Crippen molar-refractivity contribution in [3.05, 3.63) is 53.3 Å². The van der Waals surface area contributed by atoms with Gasteiger partial charge in [-0.15, -0.1) is 0 Å². The molecule has 0 saturated heterocycles. The van der Waals surface area contributed by atoms with Crippen LogP contribution >= 0.6 is 0 Å². The van der Waals surface area contributed by atoms with Crippen molar-refractivity contribution >= 4 is 11.0 Å². The number of aromatic nitrogens is 2. The van der Waals surface area contributed by atoms with Crippen LogP contribution in [0, 0.1) is 6.92 Å². The number of para-hydroxylation sites is 2. The third-order valence-electron chi connectivity index (χ3n) is 5.42. The summed E-state index contributed by atoms with van der Waals surface area (Å²) in [6, 6.07) is 10.1. The number of ether oxygens (including phenoxy) is 2. The molecule has 0 spiro atoms. The van der Waals surface area contributed by atoms with Crippen LogP contribution in [-0.2, 0) is 6.54 Å². The van der Waals surface area contributed by atoms with Crippen LogP contribution in [0.3, 0.4) is 0 Å². The summed E-state index contributed by atoms with van der Waals surface area (Å²) in [5.74, 6) is 2.35. The quantitative estimate of drug-likeness (QED) is 0.744. The molecule has 1 aliphatic heterocycles. The number of benzene rings is 1. The molecule has 27 heavy (non-hydrogen) atoms. The first kappa shape index (κ1) is 16.6. The molecule has 1 N–H and O–H groups in total. The molecule has 0 amide bonds. The first-order valence-corrected chi connectivity index (χ1v) is 9.71. The van der Waals surface area contributed by atoms with Gasteiger partial charge in [0.25, 0.3) is 0 Å². The number of H-pyrrole nitrogens is 1. The Bertz CT molecular complexity index is 977. The zero-order chi connectivity index (χ0) is 18.4. The summed E-state index contributed by atoms with van der Waals surface area (Å²) >= 11 is 0. The second-order valence-corrected chi connectivity index (χ2v) is 7.89. The zero-order valence-corrected chi connectivity index (χ0v) is 15.9. The number of aryl methyl sites for hydroxylation is 1. The van der Waals surface area contributed by atoms with Gasteiger partial charge in [-0.1, -0.05) is 12.1 Å². The van der Waals surface area contributed by atoms with Gasteiger partial charge in [-0.05, 0) is 62.1 Å². The lowest BCUT2D eigenvalue weighted by Gasteiger charge is -2.29. The van der Waals surface area contributed by atoms with E-state index in [-0.39, 0.29) is 6.10 Å². The number of fused-ring (bicyclic) bond motifs is 2. The van der Waals surface area contributed by atoms with Crippen molar-refractivity contribution in [2.75, 3.05) is 20.2 Å². The fraction of sp³-hybridized carbons (Fsp3) is 0.409. The minimum Gasteiger partial charge on any atom is -0.486 e. The van der Waals surface area contributed by atoms with Crippen molar-refractivity contribution in [1.29, 1.82) is 0 Å². The monoisotopic (exact) mass is 363 g/mol. The van der Waals surface area contributed by atoms with E-state index in [2.05, 4.69) is 34.9 Å². The van der Waals surface area contributed by atoms with E-state index in [9.17, 15) is 0 Å². The van der Waals surface area contributed by atoms with Gasteiger partial charge in [0.1, 0.15) is 18.4 Å². The summed E-state index contributed by atoms with van der Waals surface area (Å²) in [5, 5.41) is 1.26. The van der Waals surface area contributed by atoms with Crippen LogP contribution in [0.25, 0.3) is 11.0 Å². The number of nitrogens with zero attached hydrogens (tertiary/aromatic N) is 2. The lowest BCUT2D eigenvalue weighted by atomic mass is 10.1. The topological polar surface area (TPSA) is 50.4 Å². The molecule has 1 fully saturated rings. The number of hydrogen-bond donors (Lipinski definition) is 1. The van der Waals surface area contributed by atoms with Crippen LogP contribution in [-0.4, -0.2) is 41.2 Å². The second kappa shape index (κ2) is 6.57. The largest absolute Gasteiger partial charge is 0.486 e. The number of rotatable bonds is 5. The Hall–Kier alpha value is -2.53. The molecule has 1 aromatic carbocycles. The highest BCUT2D eigenvalue weighted by Gasteiger charge is 2.30. The summed E-state index contributed by atoms with van der Waals surface area (Å²) in [5.41, 5.74) is 4.98. The fourth-order valence-corrected chi connectivity index (χ4v) is 3.97. The van der Waals surface area contributed by atoms with E-state index >= 15 is 0 Å². The molecular formula is C22H25N3O2. The van der Waals surface area contributed by atoms with Crippen LogP contribution in [0.5, 0.6) is 11.5 Å². The van der Waals surface area contributed by atoms with Crippen molar-refractivity contribution in [2.24, 2.45) is 0 Å². The molecule has 5 heteroatoms. The Morgan fingerprint density at radius 1 is 1.22 bits per heavy atom. The summed E-state index contributed by atoms with van der Waals surface area (Å²) in [4.78, 5) is 10.5. The standard InChI is InChI=1S/C22H25N3O2/c1-14-9-17-18(21(15-7-8-15)24-22(17)23-10-14)12-25(2)11-16-13-26-19-5-3-4-6-20(19)27-16/h3-6,9-10,15-16H,7-8,11-13H2,1-2H3,(H,23,24)/t16-/m0/s1. The van der Waals surface area contributed by atoms with Gasteiger partial charge in [-0.3, -0.25) is 4.90 Å². The molecule has 1 aliphatic carbocycles. The van der Waals surface area contributed by atoms with Crippen molar-refractivity contribution in [3.8, 4) is 11.5 Å². The van der Waals surface area contributed by atoms with Crippen molar-refractivity contribution < 1.29 is 9.47 Å². The predicted octanol–water partition coefficient (Wildman–Crippen LogP) is 4.02. The first-order valence-electron chi connectivity index (χ1n) is 9.71. The molecule has 1 saturated carbocycles. The van der Waals surface area contributed by atoms with E-state index in [0.717, 1.165) is 30.2 Å². The van der Waals surface area contributed by atoms with Gasteiger partial charge in [0.2, 0.25) is 0 Å². The molecule has 3 heterocycles. The zero-order valence-electron chi connectivity index (χ0n) is 15.9. The smallest absolute Gasteiger partial charge is 0.161 e. The third-order valence-corrected chi connectivity index (χ3v) is 5.42. The molecule has 0 unspecified atom stereocenters. The molecule has 0 radical (unpaired) electrons. The maximum absolute atomic E-state index is 6.13. The highest BCUT2D eigenvalue weighted by atomic mass is 16.6. The molecule has 0 bridgehead atoms. The molecule has 140 valence electrons. The van der Waals surface area contributed by atoms with Crippen LogP contribution in [0.1, 0.15) is 35.6 Å². The Balaban J connectivity index is 1.34. The van der Waals surface area contributed by atoms with E-state index in [4.69, 9.17) is 9.47 Å². The van der Waals surface area contributed by atoms with Gasteiger partial charge in [0, 0.05) is 30.4 Å². The molecule has 3 aromatic rings. The maximum atomic E-state index is 6.13. The molecule has 1 atom stereocenters. The van der Waals surface area contributed by atoms with E-state index < -0.39 is 0 Å².